The second-order valence-corrected chi connectivity index (χ2v) is 10.1. The largest absolute Gasteiger partial charge is 0.363 e. The topological polar surface area (TPSA) is 92.7 Å². The second kappa shape index (κ2) is 12.0. The molecule has 0 atom stereocenters. The zero-order valence-corrected chi connectivity index (χ0v) is 22.0. The predicted molar refractivity (Wildman–Crippen MR) is 151 cm³/mol. The second-order valence-electron chi connectivity index (χ2n) is 9.11. The van der Waals surface area contributed by atoms with Gasteiger partial charge in [-0.25, -0.2) is 0 Å². The summed E-state index contributed by atoms with van der Waals surface area (Å²) in [4.78, 5) is 16.1. The lowest BCUT2D eigenvalue weighted by Gasteiger charge is -2.35. The molecule has 1 aliphatic heterocycles. The van der Waals surface area contributed by atoms with Gasteiger partial charge in [-0.05, 0) is 24.1 Å². The number of piperazine rings is 1. The lowest BCUT2D eigenvalue weighted by Crippen LogP contribution is -2.46. The van der Waals surface area contributed by atoms with Crippen molar-refractivity contribution in [1.29, 1.82) is 0 Å². The molecule has 38 heavy (non-hydrogen) atoms. The van der Waals surface area contributed by atoms with Crippen molar-refractivity contribution in [3.05, 3.63) is 111 Å². The van der Waals surface area contributed by atoms with Crippen LogP contribution in [-0.4, -0.2) is 57.1 Å². The monoisotopic (exact) mass is 527 g/mol. The van der Waals surface area contributed by atoms with Crippen molar-refractivity contribution in [2.24, 2.45) is 5.10 Å². The molecule has 2 heterocycles. The molecule has 0 amide bonds. The SMILES string of the molecule is Cc1nnc(SCc2ccccc2)n1N=Cc1ccc(N2CCN(Cc3ccccc3)CC2)c([N+](=O)[O-])c1. The molecule has 1 fully saturated rings. The zero-order valence-electron chi connectivity index (χ0n) is 21.2. The third kappa shape index (κ3) is 6.27. The Labute approximate surface area is 226 Å². The molecule has 1 aliphatic rings. The minimum absolute atomic E-state index is 0.0876. The maximum atomic E-state index is 12.0. The van der Waals surface area contributed by atoms with Gasteiger partial charge in [0.15, 0.2) is 5.82 Å². The van der Waals surface area contributed by atoms with Gasteiger partial charge in [-0.1, -0.05) is 78.5 Å². The molecule has 0 N–H and O–H groups in total. The molecule has 0 spiro atoms. The fraction of sp³-hybridized carbons (Fsp3) is 0.250. The van der Waals surface area contributed by atoms with Crippen molar-refractivity contribution in [3.8, 4) is 0 Å². The lowest BCUT2D eigenvalue weighted by atomic mass is 10.1. The van der Waals surface area contributed by atoms with Crippen molar-refractivity contribution in [2.75, 3.05) is 31.1 Å². The van der Waals surface area contributed by atoms with E-state index in [0.717, 1.165) is 38.5 Å². The quantitative estimate of drug-likeness (QED) is 0.131. The first kappa shape index (κ1) is 25.6. The number of thioether (sulfide) groups is 1. The highest BCUT2D eigenvalue weighted by Crippen LogP contribution is 2.30. The number of rotatable bonds is 9. The van der Waals surface area contributed by atoms with Crippen LogP contribution in [0, 0.1) is 17.0 Å². The Morgan fingerprint density at radius 2 is 1.63 bits per heavy atom. The van der Waals surface area contributed by atoms with Gasteiger partial charge in [-0.15, -0.1) is 10.2 Å². The number of aryl methyl sites for hydroxylation is 1. The third-order valence-corrected chi connectivity index (χ3v) is 7.45. The van der Waals surface area contributed by atoms with Gasteiger partial charge in [0.1, 0.15) is 5.69 Å². The first-order chi connectivity index (χ1) is 18.6. The fourth-order valence-electron chi connectivity index (χ4n) is 4.43. The van der Waals surface area contributed by atoms with Crippen LogP contribution in [0.4, 0.5) is 11.4 Å². The summed E-state index contributed by atoms with van der Waals surface area (Å²) in [5, 5.41) is 25.6. The molecule has 1 aromatic heterocycles. The Kier molecular flexibility index (Phi) is 8.10. The van der Waals surface area contributed by atoms with Crippen LogP contribution >= 0.6 is 11.8 Å². The van der Waals surface area contributed by atoms with Crippen molar-refractivity contribution in [3.63, 3.8) is 0 Å². The van der Waals surface area contributed by atoms with E-state index in [9.17, 15) is 10.1 Å². The van der Waals surface area contributed by atoms with Crippen molar-refractivity contribution in [2.45, 2.75) is 24.4 Å². The Balaban J connectivity index is 1.26. The number of aromatic nitrogens is 3. The van der Waals surface area contributed by atoms with Gasteiger partial charge < -0.3 is 4.90 Å². The van der Waals surface area contributed by atoms with Crippen LogP contribution in [0.2, 0.25) is 0 Å². The maximum Gasteiger partial charge on any atom is 0.293 e. The lowest BCUT2D eigenvalue weighted by molar-refractivity contribution is -0.384. The van der Waals surface area contributed by atoms with Crippen LogP contribution in [0.3, 0.4) is 0 Å². The van der Waals surface area contributed by atoms with Crippen LogP contribution in [0.5, 0.6) is 0 Å². The molecule has 3 aromatic carbocycles. The van der Waals surface area contributed by atoms with Gasteiger partial charge in [-0.3, -0.25) is 15.0 Å². The molecular weight excluding hydrogens is 498 g/mol. The van der Waals surface area contributed by atoms with E-state index >= 15 is 0 Å². The Morgan fingerprint density at radius 3 is 2.32 bits per heavy atom. The number of benzene rings is 3. The minimum Gasteiger partial charge on any atom is -0.363 e. The fourth-order valence-corrected chi connectivity index (χ4v) is 5.32. The van der Waals surface area contributed by atoms with E-state index in [-0.39, 0.29) is 10.6 Å². The molecular formula is C28H29N7O2S. The smallest absolute Gasteiger partial charge is 0.293 e. The summed E-state index contributed by atoms with van der Waals surface area (Å²) >= 11 is 1.54. The summed E-state index contributed by atoms with van der Waals surface area (Å²) in [5.41, 5.74) is 3.84. The molecule has 0 aliphatic carbocycles. The predicted octanol–water partition coefficient (Wildman–Crippen LogP) is 4.99. The number of nitro benzene ring substituents is 1. The highest BCUT2D eigenvalue weighted by atomic mass is 32.2. The van der Waals surface area contributed by atoms with Crippen molar-refractivity contribution < 1.29 is 4.92 Å². The minimum atomic E-state index is -0.311. The van der Waals surface area contributed by atoms with Crippen molar-refractivity contribution >= 4 is 29.4 Å². The summed E-state index contributed by atoms with van der Waals surface area (Å²) in [6.07, 6.45) is 1.62. The van der Waals surface area contributed by atoms with E-state index in [4.69, 9.17) is 0 Å². The van der Waals surface area contributed by atoms with Gasteiger partial charge in [-0.2, -0.15) is 9.78 Å². The van der Waals surface area contributed by atoms with E-state index in [2.05, 4.69) is 61.5 Å². The first-order valence-electron chi connectivity index (χ1n) is 12.5. The molecule has 5 rings (SSSR count). The van der Waals surface area contributed by atoms with Gasteiger partial charge in [0.2, 0.25) is 5.16 Å². The molecule has 0 unspecified atom stereocenters. The molecule has 194 valence electrons. The van der Waals surface area contributed by atoms with E-state index in [1.165, 1.54) is 11.1 Å². The summed E-state index contributed by atoms with van der Waals surface area (Å²) in [5.74, 6) is 1.39. The highest BCUT2D eigenvalue weighted by Gasteiger charge is 2.24. The average molecular weight is 528 g/mol. The van der Waals surface area contributed by atoms with Crippen LogP contribution < -0.4 is 4.90 Å². The summed E-state index contributed by atoms with van der Waals surface area (Å²) in [6.45, 7) is 5.91. The summed E-state index contributed by atoms with van der Waals surface area (Å²) in [6, 6.07) is 25.8. The van der Waals surface area contributed by atoms with Gasteiger partial charge in [0.25, 0.3) is 5.69 Å². The van der Waals surface area contributed by atoms with Crippen molar-refractivity contribution in [1.82, 2.24) is 19.8 Å². The number of nitro groups is 1. The molecule has 9 nitrogen and oxygen atoms in total. The Morgan fingerprint density at radius 1 is 0.947 bits per heavy atom. The first-order valence-corrected chi connectivity index (χ1v) is 13.5. The Hall–Kier alpha value is -4.02. The number of nitrogens with zero attached hydrogens (tertiary/aromatic N) is 7. The maximum absolute atomic E-state index is 12.0. The highest BCUT2D eigenvalue weighted by molar-refractivity contribution is 7.98. The normalized spacial score (nSPS) is 14.3. The molecule has 10 heteroatoms. The molecule has 0 radical (unpaired) electrons. The van der Waals surface area contributed by atoms with Crippen LogP contribution in [0.25, 0.3) is 0 Å². The van der Waals surface area contributed by atoms with Crippen LogP contribution in [0.15, 0.2) is 89.1 Å². The van der Waals surface area contributed by atoms with E-state index in [1.807, 2.05) is 43.3 Å². The molecule has 0 saturated carbocycles. The number of hydrogen-bond acceptors (Lipinski definition) is 8. The van der Waals surface area contributed by atoms with E-state index in [1.54, 1.807) is 28.7 Å². The van der Waals surface area contributed by atoms with E-state index in [0.29, 0.717) is 22.2 Å². The third-order valence-electron chi connectivity index (χ3n) is 6.46. The summed E-state index contributed by atoms with van der Waals surface area (Å²) < 4.78 is 1.67. The standard InChI is InChI=1S/C28H29N7O2S/c1-22-30-31-28(38-21-24-10-6-3-7-11-24)34(22)29-19-25-12-13-26(27(18-25)35(36)37)33-16-14-32(15-17-33)20-23-8-4-2-5-9-23/h2-13,18-19H,14-17,20-21H2,1H3. The molecule has 4 aromatic rings. The van der Waals surface area contributed by atoms with Crippen LogP contribution in [-0.2, 0) is 12.3 Å². The molecule has 0 bridgehead atoms. The van der Waals surface area contributed by atoms with Gasteiger partial charge in [0, 0.05) is 50.1 Å². The van der Waals surface area contributed by atoms with Crippen LogP contribution in [0.1, 0.15) is 22.5 Å². The molecule has 1 saturated heterocycles. The average Bonchev–Trinajstić information content (AvgIpc) is 3.31. The number of hydrogen-bond donors (Lipinski definition) is 0. The Bertz CT molecular complexity index is 1400. The van der Waals surface area contributed by atoms with E-state index < -0.39 is 0 Å². The zero-order chi connectivity index (χ0) is 26.3. The summed E-state index contributed by atoms with van der Waals surface area (Å²) in [7, 11) is 0. The van der Waals surface area contributed by atoms with Gasteiger partial charge >= 0.3 is 0 Å². The number of anilines is 1. The van der Waals surface area contributed by atoms with Gasteiger partial charge in [0.05, 0.1) is 11.1 Å².